The minimum atomic E-state index is -0.648. The van der Waals surface area contributed by atoms with E-state index >= 15 is 0 Å². The minimum absolute atomic E-state index is 0.105. The van der Waals surface area contributed by atoms with Crippen LogP contribution in [0.15, 0.2) is 77.9 Å². The second-order valence-electron chi connectivity index (χ2n) is 5.84. The topological polar surface area (TPSA) is 103 Å². The van der Waals surface area contributed by atoms with Crippen LogP contribution in [0.4, 0.5) is 11.4 Å². The Balaban J connectivity index is 1.69. The van der Waals surface area contributed by atoms with Crippen molar-refractivity contribution in [2.75, 3.05) is 12.5 Å². The van der Waals surface area contributed by atoms with E-state index in [2.05, 4.69) is 10.5 Å². The molecular formula is C21H17N3O5. The number of hydrazone groups is 1. The van der Waals surface area contributed by atoms with Gasteiger partial charge < -0.3 is 9.47 Å². The summed E-state index contributed by atoms with van der Waals surface area (Å²) < 4.78 is 10.6. The van der Waals surface area contributed by atoms with Gasteiger partial charge in [0.25, 0.3) is 5.69 Å². The molecule has 0 atom stereocenters. The number of esters is 1. The zero-order chi connectivity index (χ0) is 20.6. The van der Waals surface area contributed by atoms with Crippen molar-refractivity contribution < 1.29 is 19.2 Å². The molecule has 8 heteroatoms. The number of benzene rings is 3. The SMILES string of the molecule is COc1cc(C=NNc2ccccc2)ccc1OC(=O)c1ccc([N+](=O)[O-])cc1. The molecule has 0 bridgehead atoms. The summed E-state index contributed by atoms with van der Waals surface area (Å²) in [5, 5.41) is 14.9. The van der Waals surface area contributed by atoms with Crippen LogP contribution in [0.3, 0.4) is 0 Å². The predicted octanol–water partition coefficient (Wildman–Crippen LogP) is 4.27. The van der Waals surface area contributed by atoms with Gasteiger partial charge in [-0.25, -0.2) is 4.79 Å². The molecule has 0 aliphatic heterocycles. The van der Waals surface area contributed by atoms with Crippen LogP contribution in [-0.2, 0) is 0 Å². The molecule has 0 radical (unpaired) electrons. The normalized spacial score (nSPS) is 10.5. The lowest BCUT2D eigenvalue weighted by Gasteiger charge is -2.10. The summed E-state index contributed by atoms with van der Waals surface area (Å²) in [6, 6.07) is 19.6. The first-order chi connectivity index (χ1) is 14.1. The molecule has 1 N–H and O–H groups in total. The van der Waals surface area contributed by atoms with E-state index in [0.29, 0.717) is 5.75 Å². The van der Waals surface area contributed by atoms with Crippen molar-refractivity contribution in [3.63, 3.8) is 0 Å². The van der Waals surface area contributed by atoms with Crippen molar-refractivity contribution in [3.8, 4) is 11.5 Å². The van der Waals surface area contributed by atoms with Crippen LogP contribution in [0, 0.1) is 10.1 Å². The molecule has 0 saturated carbocycles. The highest BCUT2D eigenvalue weighted by atomic mass is 16.6. The van der Waals surface area contributed by atoms with Crippen molar-refractivity contribution >= 4 is 23.6 Å². The maximum absolute atomic E-state index is 12.3. The average Bonchev–Trinajstić information content (AvgIpc) is 2.75. The summed E-state index contributed by atoms with van der Waals surface area (Å²) in [7, 11) is 1.46. The number of nitrogens with one attached hydrogen (secondary N) is 1. The van der Waals surface area contributed by atoms with Gasteiger partial charge in [0.1, 0.15) is 0 Å². The zero-order valence-electron chi connectivity index (χ0n) is 15.4. The van der Waals surface area contributed by atoms with E-state index in [-0.39, 0.29) is 17.0 Å². The number of hydrogen-bond donors (Lipinski definition) is 1. The van der Waals surface area contributed by atoms with Gasteiger partial charge in [-0.1, -0.05) is 18.2 Å². The Kier molecular flexibility index (Phi) is 6.16. The number of anilines is 1. The summed E-state index contributed by atoms with van der Waals surface area (Å²) in [4.78, 5) is 22.5. The highest BCUT2D eigenvalue weighted by molar-refractivity contribution is 5.92. The van der Waals surface area contributed by atoms with Crippen molar-refractivity contribution in [2.45, 2.75) is 0 Å². The Bertz CT molecular complexity index is 1030. The number of para-hydroxylation sites is 1. The van der Waals surface area contributed by atoms with Crippen molar-refractivity contribution in [2.24, 2.45) is 5.10 Å². The van der Waals surface area contributed by atoms with E-state index in [1.807, 2.05) is 30.3 Å². The van der Waals surface area contributed by atoms with Crippen LogP contribution >= 0.6 is 0 Å². The number of hydrogen-bond acceptors (Lipinski definition) is 7. The van der Waals surface area contributed by atoms with Gasteiger partial charge in [0.15, 0.2) is 11.5 Å². The summed E-state index contributed by atoms with van der Waals surface area (Å²) in [6.07, 6.45) is 1.61. The first-order valence-electron chi connectivity index (χ1n) is 8.55. The van der Waals surface area contributed by atoms with E-state index < -0.39 is 10.9 Å². The number of methoxy groups -OCH3 is 1. The molecule has 3 aromatic rings. The zero-order valence-corrected chi connectivity index (χ0v) is 15.4. The van der Waals surface area contributed by atoms with Crippen molar-refractivity contribution in [1.82, 2.24) is 0 Å². The minimum Gasteiger partial charge on any atom is -0.493 e. The van der Waals surface area contributed by atoms with Crippen LogP contribution in [-0.4, -0.2) is 24.2 Å². The molecule has 146 valence electrons. The third-order valence-electron chi connectivity index (χ3n) is 3.89. The van der Waals surface area contributed by atoms with E-state index in [1.165, 1.54) is 31.4 Å². The molecule has 0 aliphatic rings. The second-order valence-corrected chi connectivity index (χ2v) is 5.84. The summed E-state index contributed by atoms with van der Waals surface area (Å²) in [5.41, 5.74) is 4.58. The first kappa shape index (κ1) is 19.6. The van der Waals surface area contributed by atoms with Crippen molar-refractivity contribution in [3.05, 3.63) is 94.0 Å². The Hall–Kier alpha value is -4.20. The van der Waals surface area contributed by atoms with Crippen LogP contribution in [0.2, 0.25) is 0 Å². The van der Waals surface area contributed by atoms with Crippen LogP contribution < -0.4 is 14.9 Å². The van der Waals surface area contributed by atoms with Crippen molar-refractivity contribution in [1.29, 1.82) is 0 Å². The van der Waals surface area contributed by atoms with Gasteiger partial charge in [-0.05, 0) is 48.0 Å². The average molecular weight is 391 g/mol. The van der Waals surface area contributed by atoms with Gasteiger partial charge in [-0.15, -0.1) is 0 Å². The number of carbonyl (C=O) groups excluding carboxylic acids is 1. The lowest BCUT2D eigenvalue weighted by Crippen LogP contribution is -2.09. The number of ether oxygens (including phenoxy) is 2. The Labute approximate surface area is 166 Å². The molecule has 8 nitrogen and oxygen atoms in total. The van der Waals surface area contributed by atoms with E-state index in [1.54, 1.807) is 24.4 Å². The number of nitro benzene ring substituents is 1. The molecule has 0 spiro atoms. The fraction of sp³-hybridized carbons (Fsp3) is 0.0476. The fourth-order valence-corrected chi connectivity index (χ4v) is 2.42. The monoisotopic (exact) mass is 391 g/mol. The van der Waals surface area contributed by atoms with Gasteiger partial charge in [0.2, 0.25) is 0 Å². The Morgan fingerprint density at radius 3 is 2.41 bits per heavy atom. The molecule has 3 rings (SSSR count). The molecular weight excluding hydrogens is 374 g/mol. The largest absolute Gasteiger partial charge is 0.493 e. The molecule has 0 heterocycles. The fourth-order valence-electron chi connectivity index (χ4n) is 2.42. The molecule has 3 aromatic carbocycles. The van der Waals surface area contributed by atoms with Crippen LogP contribution in [0.1, 0.15) is 15.9 Å². The molecule has 29 heavy (non-hydrogen) atoms. The highest BCUT2D eigenvalue weighted by Crippen LogP contribution is 2.28. The van der Waals surface area contributed by atoms with Gasteiger partial charge in [0.05, 0.1) is 29.5 Å². The molecule has 0 fully saturated rings. The molecule has 0 saturated heterocycles. The number of rotatable bonds is 7. The number of carbonyl (C=O) groups is 1. The van der Waals surface area contributed by atoms with Gasteiger partial charge in [0, 0.05) is 12.1 Å². The molecule has 0 amide bonds. The van der Waals surface area contributed by atoms with Gasteiger partial charge >= 0.3 is 5.97 Å². The second kappa shape index (κ2) is 9.14. The highest BCUT2D eigenvalue weighted by Gasteiger charge is 2.14. The quantitative estimate of drug-likeness (QED) is 0.212. The van der Waals surface area contributed by atoms with Gasteiger partial charge in [-0.3, -0.25) is 15.5 Å². The number of nitrogens with zero attached hydrogens (tertiary/aromatic N) is 2. The lowest BCUT2D eigenvalue weighted by atomic mass is 10.2. The molecule has 0 unspecified atom stereocenters. The van der Waals surface area contributed by atoms with E-state index in [4.69, 9.17) is 9.47 Å². The maximum atomic E-state index is 12.3. The summed E-state index contributed by atoms with van der Waals surface area (Å²) in [5.74, 6) is -0.0710. The maximum Gasteiger partial charge on any atom is 0.343 e. The van der Waals surface area contributed by atoms with Crippen LogP contribution in [0.5, 0.6) is 11.5 Å². The van der Waals surface area contributed by atoms with Gasteiger partial charge in [-0.2, -0.15) is 5.10 Å². The van der Waals surface area contributed by atoms with Crippen LogP contribution in [0.25, 0.3) is 0 Å². The molecule has 0 aromatic heterocycles. The Morgan fingerprint density at radius 1 is 1.03 bits per heavy atom. The lowest BCUT2D eigenvalue weighted by molar-refractivity contribution is -0.384. The first-order valence-corrected chi connectivity index (χ1v) is 8.55. The Morgan fingerprint density at radius 2 is 1.76 bits per heavy atom. The number of non-ortho nitro benzene ring substituents is 1. The molecule has 0 aliphatic carbocycles. The van der Waals surface area contributed by atoms with E-state index in [9.17, 15) is 14.9 Å². The summed E-state index contributed by atoms with van der Waals surface area (Å²) >= 11 is 0. The standard InChI is InChI=1S/C21H17N3O5/c1-28-20-13-15(14-22-23-17-5-3-2-4-6-17)7-12-19(20)29-21(25)16-8-10-18(11-9-16)24(26)27/h2-14,23H,1H3. The third-order valence-corrected chi connectivity index (χ3v) is 3.89. The smallest absolute Gasteiger partial charge is 0.343 e. The van der Waals surface area contributed by atoms with E-state index in [0.717, 1.165) is 11.3 Å². The third kappa shape index (κ3) is 5.16. The predicted molar refractivity (Wildman–Crippen MR) is 109 cm³/mol. The summed E-state index contributed by atoms with van der Waals surface area (Å²) in [6.45, 7) is 0. The number of nitro groups is 1.